The van der Waals surface area contributed by atoms with Crippen LogP contribution in [0.25, 0.3) is 0 Å². The zero-order valence-corrected chi connectivity index (χ0v) is 12.1. The van der Waals surface area contributed by atoms with Crippen molar-refractivity contribution in [2.24, 2.45) is 5.92 Å². The van der Waals surface area contributed by atoms with Gasteiger partial charge >= 0.3 is 0 Å². The Balaban J connectivity index is 1.78. The molecule has 1 aliphatic heterocycles. The molecule has 2 unspecified atom stereocenters. The van der Waals surface area contributed by atoms with Crippen molar-refractivity contribution in [1.82, 2.24) is 4.90 Å². The molecule has 1 aromatic carbocycles. The van der Waals surface area contributed by atoms with E-state index >= 15 is 0 Å². The zero-order valence-electron chi connectivity index (χ0n) is 12.1. The van der Waals surface area contributed by atoms with Crippen molar-refractivity contribution in [2.45, 2.75) is 25.4 Å². The van der Waals surface area contributed by atoms with Crippen LogP contribution in [0, 0.1) is 11.7 Å². The predicted molar refractivity (Wildman–Crippen MR) is 77.0 cm³/mol. The highest BCUT2D eigenvalue weighted by Crippen LogP contribution is 2.21. The van der Waals surface area contributed by atoms with Gasteiger partial charge in [-0.25, -0.2) is 4.39 Å². The summed E-state index contributed by atoms with van der Waals surface area (Å²) in [4.78, 5) is 2.39. The minimum absolute atomic E-state index is 0.264. The molecule has 20 heavy (non-hydrogen) atoms. The maximum Gasteiger partial charge on any atom is 0.123 e. The number of benzene rings is 1. The smallest absolute Gasteiger partial charge is 0.123 e. The van der Waals surface area contributed by atoms with Crippen LogP contribution in [0.15, 0.2) is 24.3 Å². The van der Waals surface area contributed by atoms with E-state index in [1.165, 1.54) is 25.0 Å². The number of aliphatic hydroxyl groups excluding tert-OH is 1. The van der Waals surface area contributed by atoms with Gasteiger partial charge in [-0.1, -0.05) is 12.1 Å². The van der Waals surface area contributed by atoms with Gasteiger partial charge in [0.2, 0.25) is 0 Å². The highest BCUT2D eigenvalue weighted by Gasteiger charge is 2.20. The van der Waals surface area contributed by atoms with Crippen LogP contribution in [0.5, 0.6) is 0 Å². The zero-order chi connectivity index (χ0) is 14.4. The summed E-state index contributed by atoms with van der Waals surface area (Å²) in [5, 5.41) is 10.1. The first-order valence-corrected chi connectivity index (χ1v) is 7.34. The highest BCUT2D eigenvalue weighted by atomic mass is 19.1. The molecule has 0 spiro atoms. The summed E-state index contributed by atoms with van der Waals surface area (Å²) in [7, 11) is 1.75. The van der Waals surface area contributed by atoms with Crippen LogP contribution in [-0.2, 0) is 4.74 Å². The van der Waals surface area contributed by atoms with E-state index < -0.39 is 6.10 Å². The van der Waals surface area contributed by atoms with Crippen molar-refractivity contribution < 1.29 is 14.2 Å². The largest absolute Gasteiger partial charge is 0.388 e. The van der Waals surface area contributed by atoms with E-state index in [2.05, 4.69) is 4.90 Å². The van der Waals surface area contributed by atoms with Crippen molar-refractivity contribution >= 4 is 0 Å². The first kappa shape index (κ1) is 15.4. The standard InChI is InChI=1S/C16H24FNO2/c1-20-12-13-3-2-9-18(11-13)10-8-16(19)14-4-6-15(17)7-5-14/h4-7,13,16,19H,2-3,8-12H2,1H3. The Morgan fingerprint density at radius 1 is 1.40 bits per heavy atom. The van der Waals surface area contributed by atoms with Crippen LogP contribution in [0.3, 0.4) is 0 Å². The Hall–Kier alpha value is -0.970. The Kier molecular flexibility index (Phi) is 5.95. The summed E-state index contributed by atoms with van der Waals surface area (Å²) >= 11 is 0. The lowest BCUT2D eigenvalue weighted by atomic mass is 9.98. The Morgan fingerprint density at radius 2 is 2.15 bits per heavy atom. The molecule has 112 valence electrons. The number of nitrogens with zero attached hydrogens (tertiary/aromatic N) is 1. The molecular formula is C16H24FNO2. The lowest BCUT2D eigenvalue weighted by molar-refractivity contribution is 0.0779. The van der Waals surface area contributed by atoms with Gasteiger partial charge in [0, 0.05) is 20.2 Å². The normalized spacial score (nSPS) is 21.9. The third-order valence-electron chi connectivity index (χ3n) is 3.98. The van der Waals surface area contributed by atoms with Gasteiger partial charge < -0.3 is 14.7 Å². The van der Waals surface area contributed by atoms with Crippen molar-refractivity contribution in [1.29, 1.82) is 0 Å². The average molecular weight is 281 g/mol. The summed E-state index contributed by atoms with van der Waals surface area (Å²) in [5.41, 5.74) is 0.789. The molecule has 0 bridgehead atoms. The molecule has 0 saturated carbocycles. The molecule has 0 amide bonds. The summed E-state index contributed by atoms with van der Waals surface area (Å²) in [6, 6.07) is 6.11. The monoisotopic (exact) mass is 281 g/mol. The fourth-order valence-corrected chi connectivity index (χ4v) is 2.88. The van der Waals surface area contributed by atoms with Crippen LogP contribution in [0.1, 0.15) is 30.9 Å². The van der Waals surface area contributed by atoms with Gasteiger partial charge in [-0.15, -0.1) is 0 Å². The van der Waals surface area contributed by atoms with Gasteiger partial charge in [-0.2, -0.15) is 0 Å². The summed E-state index contributed by atoms with van der Waals surface area (Å²) in [5.74, 6) is 0.344. The van der Waals surface area contributed by atoms with E-state index in [-0.39, 0.29) is 5.82 Å². The second kappa shape index (κ2) is 7.72. The van der Waals surface area contributed by atoms with E-state index in [9.17, 15) is 9.50 Å². The first-order chi connectivity index (χ1) is 9.69. The molecule has 1 saturated heterocycles. The van der Waals surface area contributed by atoms with Gasteiger partial charge in [0.05, 0.1) is 12.7 Å². The molecule has 1 heterocycles. The third kappa shape index (κ3) is 4.54. The van der Waals surface area contributed by atoms with Crippen LogP contribution in [0.2, 0.25) is 0 Å². The molecule has 1 aliphatic rings. The van der Waals surface area contributed by atoms with Crippen LogP contribution in [-0.4, -0.2) is 43.4 Å². The third-order valence-corrected chi connectivity index (χ3v) is 3.98. The molecule has 0 radical (unpaired) electrons. The molecule has 2 rings (SSSR count). The molecule has 3 nitrogen and oxygen atoms in total. The second-order valence-electron chi connectivity index (χ2n) is 5.62. The average Bonchev–Trinajstić information content (AvgIpc) is 2.46. The number of aliphatic hydroxyl groups is 1. The minimum atomic E-state index is -0.515. The van der Waals surface area contributed by atoms with Gasteiger partial charge in [-0.05, 0) is 49.4 Å². The van der Waals surface area contributed by atoms with E-state index in [1.807, 2.05) is 0 Å². The number of likely N-dealkylation sites (tertiary alicyclic amines) is 1. The van der Waals surface area contributed by atoms with Crippen molar-refractivity contribution in [2.75, 3.05) is 33.4 Å². The van der Waals surface area contributed by atoms with Crippen molar-refractivity contribution in [3.63, 3.8) is 0 Å². The number of piperidine rings is 1. The molecule has 1 aromatic rings. The van der Waals surface area contributed by atoms with Crippen LogP contribution in [0.4, 0.5) is 4.39 Å². The molecule has 2 atom stereocenters. The lowest BCUT2D eigenvalue weighted by Gasteiger charge is -2.32. The van der Waals surface area contributed by atoms with Gasteiger partial charge in [0.25, 0.3) is 0 Å². The minimum Gasteiger partial charge on any atom is -0.388 e. The molecule has 1 N–H and O–H groups in total. The molecule has 0 aromatic heterocycles. The fraction of sp³-hybridized carbons (Fsp3) is 0.625. The Bertz CT molecular complexity index is 394. The van der Waals surface area contributed by atoms with E-state index in [4.69, 9.17) is 4.74 Å². The molecule has 4 heteroatoms. The maximum atomic E-state index is 12.8. The highest BCUT2D eigenvalue weighted by molar-refractivity contribution is 5.18. The van der Waals surface area contributed by atoms with Crippen molar-refractivity contribution in [3.05, 3.63) is 35.6 Å². The first-order valence-electron chi connectivity index (χ1n) is 7.34. The van der Waals surface area contributed by atoms with Gasteiger partial charge in [0.15, 0.2) is 0 Å². The SMILES string of the molecule is COCC1CCCN(CCC(O)c2ccc(F)cc2)C1. The molecular weight excluding hydrogens is 257 g/mol. The summed E-state index contributed by atoms with van der Waals surface area (Å²) in [6.45, 7) is 3.83. The maximum absolute atomic E-state index is 12.8. The Morgan fingerprint density at radius 3 is 2.85 bits per heavy atom. The second-order valence-corrected chi connectivity index (χ2v) is 5.62. The lowest BCUT2D eigenvalue weighted by Crippen LogP contribution is -2.38. The van der Waals surface area contributed by atoms with Gasteiger partial charge in [0.1, 0.15) is 5.82 Å². The number of halogens is 1. The number of ether oxygens (including phenoxy) is 1. The fourth-order valence-electron chi connectivity index (χ4n) is 2.88. The van der Waals surface area contributed by atoms with Crippen LogP contribution < -0.4 is 0 Å². The topological polar surface area (TPSA) is 32.7 Å². The van der Waals surface area contributed by atoms with Crippen LogP contribution >= 0.6 is 0 Å². The quantitative estimate of drug-likeness (QED) is 0.870. The number of methoxy groups -OCH3 is 1. The summed E-state index contributed by atoms with van der Waals surface area (Å²) < 4.78 is 18.1. The van der Waals surface area contributed by atoms with E-state index in [0.29, 0.717) is 12.3 Å². The van der Waals surface area contributed by atoms with E-state index in [0.717, 1.165) is 31.8 Å². The van der Waals surface area contributed by atoms with Crippen molar-refractivity contribution in [3.8, 4) is 0 Å². The predicted octanol–water partition coefficient (Wildman–Crippen LogP) is 2.61. The van der Waals surface area contributed by atoms with E-state index in [1.54, 1.807) is 19.2 Å². The molecule has 0 aliphatic carbocycles. The summed E-state index contributed by atoms with van der Waals surface area (Å²) in [6.07, 6.45) is 2.59. The number of rotatable bonds is 6. The number of hydrogen-bond donors (Lipinski definition) is 1. The van der Waals surface area contributed by atoms with Gasteiger partial charge in [-0.3, -0.25) is 0 Å². The number of hydrogen-bond acceptors (Lipinski definition) is 3. The molecule has 1 fully saturated rings. The Labute approximate surface area is 120 Å².